The fraction of sp³-hybridized carbons (Fsp3) is 0.511. The van der Waals surface area contributed by atoms with Crippen molar-refractivity contribution in [3.8, 4) is 22.6 Å². The van der Waals surface area contributed by atoms with E-state index in [1.807, 2.05) is 65.6 Å². The molecule has 8 heteroatoms. The molecule has 3 saturated carbocycles. The molecule has 9 unspecified atom stereocenters. The highest BCUT2D eigenvalue weighted by molar-refractivity contribution is 6.14. The van der Waals surface area contributed by atoms with E-state index in [-0.39, 0.29) is 42.7 Å². The Morgan fingerprint density at radius 3 is 2.35 bits per heavy atom. The van der Waals surface area contributed by atoms with Gasteiger partial charge in [-0.2, -0.15) is 0 Å². The Kier molecular flexibility index (Phi) is 9.70. The van der Waals surface area contributed by atoms with Crippen LogP contribution in [0.5, 0.6) is 11.5 Å². The topological polar surface area (TPSA) is 120 Å². The molecule has 6 aliphatic carbocycles. The van der Waals surface area contributed by atoms with Gasteiger partial charge in [0.15, 0.2) is 5.78 Å². The van der Waals surface area contributed by atoms with Crippen molar-refractivity contribution < 1.29 is 34.7 Å². The lowest BCUT2D eigenvalue weighted by molar-refractivity contribution is -0.177. The van der Waals surface area contributed by atoms with E-state index in [4.69, 9.17) is 9.47 Å². The molecule has 2 spiro atoms. The van der Waals surface area contributed by atoms with Crippen molar-refractivity contribution >= 4 is 5.78 Å². The van der Waals surface area contributed by atoms with Crippen molar-refractivity contribution in [2.45, 2.75) is 83.1 Å². The molecule has 3 fully saturated rings. The van der Waals surface area contributed by atoms with E-state index in [9.17, 15) is 20.4 Å². The zero-order valence-electron chi connectivity index (χ0n) is 32.7. The minimum atomic E-state index is -1.15. The van der Waals surface area contributed by atoms with Crippen molar-refractivity contribution in [1.82, 2.24) is 4.90 Å². The summed E-state index contributed by atoms with van der Waals surface area (Å²) in [5.41, 5.74) is 1.40. The number of carbonyl (C=O) groups is 1. The minimum absolute atomic E-state index is 0.0267. The standard InChI is InChI=1S/C47H57NO7/c1-43-19-16-33(50)25-45(43)22-23-47(38(26-45)42(52)37-13-9-8-12-36(37)31-10-6-5-7-11-31)40(43)17-20-44(2)41(47)18-21-46(44,53)30-48(28-34(51)29-49)27-32-14-15-35(54-3)24-39(32)55-4/h5-15,22-24,26,33-34,40-41,49-51,53H,16-21,25,27-30H2,1-4H3. The Balaban J connectivity index is 1.21. The lowest BCUT2D eigenvalue weighted by Gasteiger charge is -2.71. The second-order valence-electron chi connectivity index (χ2n) is 17.7. The van der Waals surface area contributed by atoms with Gasteiger partial charge in [0.05, 0.1) is 38.6 Å². The van der Waals surface area contributed by atoms with Crippen LogP contribution in [-0.2, 0) is 6.54 Å². The maximum Gasteiger partial charge on any atom is 0.190 e. The number of fused-ring (bicyclic) bond motifs is 1. The summed E-state index contributed by atoms with van der Waals surface area (Å²) >= 11 is 0. The van der Waals surface area contributed by atoms with E-state index in [0.717, 1.165) is 54.4 Å². The summed E-state index contributed by atoms with van der Waals surface area (Å²) in [4.78, 5) is 17.5. The molecule has 6 aliphatic rings. The van der Waals surface area contributed by atoms with E-state index in [1.165, 1.54) is 0 Å². The van der Waals surface area contributed by atoms with Crippen molar-refractivity contribution in [2.24, 2.45) is 33.5 Å². The van der Waals surface area contributed by atoms with Crippen molar-refractivity contribution in [3.63, 3.8) is 0 Å². The van der Waals surface area contributed by atoms with Crippen LogP contribution in [0.1, 0.15) is 74.7 Å². The summed E-state index contributed by atoms with van der Waals surface area (Å²) < 4.78 is 11.2. The van der Waals surface area contributed by atoms with Crippen LogP contribution >= 0.6 is 0 Å². The van der Waals surface area contributed by atoms with Gasteiger partial charge in [0.2, 0.25) is 0 Å². The van der Waals surface area contributed by atoms with Gasteiger partial charge in [0, 0.05) is 58.6 Å². The first-order chi connectivity index (χ1) is 26.4. The van der Waals surface area contributed by atoms with Crippen LogP contribution < -0.4 is 9.47 Å². The molecule has 8 nitrogen and oxygen atoms in total. The molecule has 3 aromatic carbocycles. The Labute approximate surface area is 325 Å². The molecule has 4 N–H and O–H groups in total. The summed E-state index contributed by atoms with van der Waals surface area (Å²) in [5.74, 6) is 1.50. The van der Waals surface area contributed by atoms with Crippen LogP contribution in [0.4, 0.5) is 0 Å². The highest BCUT2D eigenvalue weighted by Gasteiger charge is 2.74. The Bertz CT molecular complexity index is 2000. The molecule has 0 aliphatic heterocycles. The smallest absolute Gasteiger partial charge is 0.190 e. The van der Waals surface area contributed by atoms with E-state index in [0.29, 0.717) is 36.4 Å². The monoisotopic (exact) mass is 747 g/mol. The van der Waals surface area contributed by atoms with E-state index < -0.39 is 34.1 Å². The highest BCUT2D eigenvalue weighted by Crippen LogP contribution is 2.78. The van der Waals surface area contributed by atoms with E-state index in [1.54, 1.807) is 14.2 Å². The summed E-state index contributed by atoms with van der Waals surface area (Å²) in [7, 11) is 3.23. The van der Waals surface area contributed by atoms with Gasteiger partial charge in [-0.15, -0.1) is 0 Å². The fourth-order valence-corrected chi connectivity index (χ4v) is 12.4. The van der Waals surface area contributed by atoms with Gasteiger partial charge >= 0.3 is 0 Å². The van der Waals surface area contributed by atoms with Crippen LogP contribution in [0.3, 0.4) is 0 Å². The number of hydrogen-bond donors (Lipinski definition) is 4. The zero-order valence-corrected chi connectivity index (χ0v) is 32.7. The average Bonchev–Trinajstić information content (AvgIpc) is 3.47. The second kappa shape index (κ2) is 14.0. The number of ketones is 1. The lowest BCUT2D eigenvalue weighted by Crippen LogP contribution is -2.67. The summed E-state index contributed by atoms with van der Waals surface area (Å²) in [6.07, 6.45) is 10.7. The molecule has 2 bridgehead atoms. The highest BCUT2D eigenvalue weighted by atomic mass is 16.5. The molecule has 9 atom stereocenters. The number of aliphatic hydroxyl groups excluding tert-OH is 3. The minimum Gasteiger partial charge on any atom is -0.497 e. The summed E-state index contributed by atoms with van der Waals surface area (Å²) in [6, 6.07) is 23.7. The molecule has 55 heavy (non-hydrogen) atoms. The SMILES string of the molecule is COc1ccc(CN(CC(O)CO)CC2(O)CCC3C45C=CC6(C=C4C(=O)c4ccccc4-c4ccccc4)CC(O)CCC6(C)C5CCC32C)c(OC)c1. The molecule has 292 valence electrons. The van der Waals surface area contributed by atoms with Gasteiger partial charge < -0.3 is 29.9 Å². The Morgan fingerprint density at radius 1 is 0.891 bits per heavy atom. The normalized spacial score (nSPS) is 35.1. The molecule has 0 aromatic heterocycles. The Hall–Kier alpha value is -3.79. The van der Waals surface area contributed by atoms with E-state index in [2.05, 4.69) is 44.2 Å². The fourth-order valence-electron chi connectivity index (χ4n) is 12.4. The van der Waals surface area contributed by atoms with Crippen molar-refractivity contribution in [1.29, 1.82) is 0 Å². The number of ether oxygens (including phenoxy) is 2. The van der Waals surface area contributed by atoms with Crippen LogP contribution in [-0.4, -0.2) is 82.8 Å². The molecule has 3 aromatic rings. The molecular formula is C47H57NO7. The van der Waals surface area contributed by atoms with Gasteiger partial charge in [-0.25, -0.2) is 0 Å². The number of Topliss-reactive ketones (excluding diaryl/α,β-unsaturated/α-hetero) is 1. The van der Waals surface area contributed by atoms with Crippen LogP contribution in [0.2, 0.25) is 0 Å². The van der Waals surface area contributed by atoms with Crippen LogP contribution in [0.25, 0.3) is 11.1 Å². The predicted molar refractivity (Wildman–Crippen MR) is 213 cm³/mol. The van der Waals surface area contributed by atoms with Gasteiger partial charge in [0.1, 0.15) is 11.5 Å². The summed E-state index contributed by atoms with van der Waals surface area (Å²) in [6.45, 7) is 5.10. The largest absolute Gasteiger partial charge is 0.497 e. The molecular weight excluding hydrogens is 691 g/mol. The molecule has 0 heterocycles. The summed E-state index contributed by atoms with van der Waals surface area (Å²) in [5, 5.41) is 45.0. The Morgan fingerprint density at radius 2 is 1.60 bits per heavy atom. The van der Waals surface area contributed by atoms with Gasteiger partial charge in [-0.3, -0.25) is 9.69 Å². The van der Waals surface area contributed by atoms with Crippen molar-refractivity contribution in [2.75, 3.05) is 33.9 Å². The number of carbonyl (C=O) groups excluding carboxylic acids is 1. The number of methoxy groups -OCH3 is 2. The lowest BCUT2D eigenvalue weighted by atomic mass is 9.32. The third kappa shape index (κ3) is 5.77. The first-order valence-corrected chi connectivity index (χ1v) is 20.1. The third-order valence-electron chi connectivity index (χ3n) is 15.3. The maximum atomic E-state index is 15.5. The average molecular weight is 748 g/mol. The number of allylic oxidation sites excluding steroid dienone is 4. The van der Waals surface area contributed by atoms with Crippen LogP contribution in [0, 0.1) is 33.5 Å². The predicted octanol–water partition coefficient (Wildman–Crippen LogP) is 7.00. The molecule has 0 radical (unpaired) electrons. The number of hydrogen-bond acceptors (Lipinski definition) is 8. The van der Waals surface area contributed by atoms with Gasteiger partial charge in [-0.05, 0) is 79.4 Å². The van der Waals surface area contributed by atoms with Gasteiger partial charge in [-0.1, -0.05) is 92.7 Å². The number of rotatable bonds is 12. The first kappa shape index (κ1) is 38.1. The van der Waals surface area contributed by atoms with Gasteiger partial charge in [0.25, 0.3) is 0 Å². The number of nitrogens with zero attached hydrogens (tertiary/aromatic N) is 1. The zero-order chi connectivity index (χ0) is 38.8. The molecule has 0 saturated heterocycles. The van der Waals surface area contributed by atoms with Crippen molar-refractivity contribution in [3.05, 3.63) is 108 Å². The maximum absolute atomic E-state index is 15.5. The van der Waals surface area contributed by atoms with Crippen LogP contribution in [0.15, 0.2) is 96.6 Å². The first-order valence-electron chi connectivity index (χ1n) is 20.1. The number of aliphatic hydroxyl groups is 4. The molecule has 0 amide bonds. The quantitative estimate of drug-likeness (QED) is 0.116. The second-order valence-corrected chi connectivity index (χ2v) is 17.7. The van der Waals surface area contributed by atoms with E-state index >= 15 is 4.79 Å². The molecule has 9 rings (SSSR count). The third-order valence-corrected chi connectivity index (χ3v) is 15.3. The number of benzene rings is 3.